The summed E-state index contributed by atoms with van der Waals surface area (Å²) in [5, 5.41) is 1.66. The van der Waals surface area contributed by atoms with Gasteiger partial charge in [-0.25, -0.2) is 18.4 Å². The third-order valence-corrected chi connectivity index (χ3v) is 4.53. The van der Waals surface area contributed by atoms with Crippen LogP contribution >= 0.6 is 11.6 Å². The van der Waals surface area contributed by atoms with Gasteiger partial charge in [0, 0.05) is 11.5 Å². The molecule has 0 unspecified atom stereocenters. The lowest BCUT2D eigenvalue weighted by Gasteiger charge is -2.09. The van der Waals surface area contributed by atoms with Crippen LogP contribution in [0.2, 0.25) is 5.15 Å². The van der Waals surface area contributed by atoms with Gasteiger partial charge in [-0.15, -0.1) is 0 Å². The van der Waals surface area contributed by atoms with Crippen molar-refractivity contribution in [2.45, 2.75) is 4.90 Å². The molecule has 21 heavy (non-hydrogen) atoms. The van der Waals surface area contributed by atoms with Gasteiger partial charge < -0.3 is 0 Å². The average molecular weight is 320 g/mol. The maximum absolute atomic E-state index is 12.5. The second kappa shape index (κ2) is 5.31. The largest absolute Gasteiger partial charge is 0.263 e. The molecule has 2 aromatic carbocycles. The van der Waals surface area contributed by atoms with Gasteiger partial charge in [0.15, 0.2) is 0 Å². The van der Waals surface area contributed by atoms with E-state index >= 15 is 0 Å². The zero-order chi connectivity index (χ0) is 14.9. The Morgan fingerprint density at radius 2 is 1.76 bits per heavy atom. The van der Waals surface area contributed by atoms with Crippen molar-refractivity contribution in [2.24, 2.45) is 0 Å². The predicted molar refractivity (Wildman–Crippen MR) is 81.8 cm³/mol. The van der Waals surface area contributed by atoms with E-state index in [0.29, 0.717) is 5.39 Å². The summed E-state index contributed by atoms with van der Waals surface area (Å²) in [5.74, 6) is 0.128. The van der Waals surface area contributed by atoms with Gasteiger partial charge in [-0.05, 0) is 11.5 Å². The fraction of sp³-hybridized carbons (Fsp3) is 0. The zero-order valence-corrected chi connectivity index (χ0v) is 12.3. The van der Waals surface area contributed by atoms with Crippen molar-refractivity contribution < 1.29 is 8.42 Å². The fourth-order valence-electron chi connectivity index (χ4n) is 2.01. The maximum Gasteiger partial charge on any atom is 0.263 e. The van der Waals surface area contributed by atoms with E-state index in [0.717, 1.165) is 5.39 Å². The summed E-state index contributed by atoms with van der Waals surface area (Å²) in [5.41, 5.74) is 0. The molecule has 1 aromatic heterocycles. The Morgan fingerprint density at radius 1 is 1.00 bits per heavy atom. The minimum atomic E-state index is -3.76. The smallest absolute Gasteiger partial charge is 0.263 e. The van der Waals surface area contributed by atoms with Crippen LogP contribution in [0.3, 0.4) is 0 Å². The molecular weight excluding hydrogens is 310 g/mol. The minimum Gasteiger partial charge on any atom is -0.263 e. The van der Waals surface area contributed by atoms with Crippen molar-refractivity contribution in [3.05, 3.63) is 60.0 Å². The van der Waals surface area contributed by atoms with E-state index in [4.69, 9.17) is 11.6 Å². The highest BCUT2D eigenvalue weighted by atomic mass is 35.5. The molecule has 0 saturated carbocycles. The number of nitrogens with one attached hydrogen (secondary N) is 1. The summed E-state index contributed by atoms with van der Waals surface area (Å²) in [6.45, 7) is 0. The van der Waals surface area contributed by atoms with Gasteiger partial charge in [-0.3, -0.25) is 4.72 Å². The van der Waals surface area contributed by atoms with Crippen LogP contribution in [-0.2, 0) is 10.0 Å². The molecular formula is C14H10ClN3O2S. The number of rotatable bonds is 3. The summed E-state index contributed by atoms with van der Waals surface area (Å²) in [6.07, 6.45) is 1.20. The lowest BCUT2D eigenvalue weighted by molar-refractivity contribution is 0.602. The molecule has 0 fully saturated rings. The molecule has 0 aliphatic carbocycles. The molecule has 1 heterocycles. The molecule has 3 rings (SSSR count). The van der Waals surface area contributed by atoms with Gasteiger partial charge in [0.25, 0.3) is 10.0 Å². The lowest BCUT2D eigenvalue weighted by Crippen LogP contribution is -2.14. The Hall–Kier alpha value is -2.18. The van der Waals surface area contributed by atoms with Gasteiger partial charge in [0.05, 0.1) is 4.90 Å². The van der Waals surface area contributed by atoms with E-state index in [1.807, 2.05) is 18.2 Å². The van der Waals surface area contributed by atoms with Crippen LogP contribution in [0.5, 0.6) is 0 Å². The van der Waals surface area contributed by atoms with E-state index in [9.17, 15) is 8.42 Å². The highest BCUT2D eigenvalue weighted by Crippen LogP contribution is 2.24. The minimum absolute atomic E-state index is 0.128. The summed E-state index contributed by atoms with van der Waals surface area (Å²) >= 11 is 5.73. The van der Waals surface area contributed by atoms with E-state index in [1.54, 1.807) is 24.3 Å². The maximum atomic E-state index is 12.5. The lowest BCUT2D eigenvalue weighted by atomic mass is 10.1. The van der Waals surface area contributed by atoms with E-state index in [-0.39, 0.29) is 15.9 Å². The highest BCUT2D eigenvalue weighted by molar-refractivity contribution is 7.93. The quantitative estimate of drug-likeness (QED) is 0.753. The summed E-state index contributed by atoms with van der Waals surface area (Å²) in [6, 6.07) is 13.7. The van der Waals surface area contributed by atoms with Crippen molar-refractivity contribution in [3.8, 4) is 0 Å². The van der Waals surface area contributed by atoms with Crippen molar-refractivity contribution in [2.75, 3.05) is 4.72 Å². The van der Waals surface area contributed by atoms with Gasteiger partial charge >= 0.3 is 0 Å². The van der Waals surface area contributed by atoms with Gasteiger partial charge in [0.1, 0.15) is 17.3 Å². The van der Waals surface area contributed by atoms with E-state index in [2.05, 4.69) is 14.7 Å². The van der Waals surface area contributed by atoms with Crippen LogP contribution in [0.25, 0.3) is 10.8 Å². The third kappa shape index (κ3) is 2.81. The molecule has 7 heteroatoms. The van der Waals surface area contributed by atoms with Crippen LogP contribution in [0.4, 0.5) is 5.82 Å². The Balaban J connectivity index is 2.09. The Bertz CT molecular complexity index is 907. The third-order valence-electron chi connectivity index (χ3n) is 2.91. The van der Waals surface area contributed by atoms with Crippen LogP contribution in [0.1, 0.15) is 0 Å². The second-order valence-electron chi connectivity index (χ2n) is 4.31. The molecule has 0 saturated heterocycles. The number of nitrogens with zero attached hydrogens (tertiary/aromatic N) is 2. The standard InChI is InChI=1S/C14H10ClN3O2S/c15-13-8-14(17-9-16-13)18-21(19,20)12-7-3-5-10-4-1-2-6-11(10)12/h1-9H,(H,16,17,18). The zero-order valence-electron chi connectivity index (χ0n) is 10.7. The number of hydrogen-bond donors (Lipinski definition) is 1. The molecule has 106 valence electrons. The molecule has 3 aromatic rings. The van der Waals surface area contributed by atoms with Gasteiger partial charge in [-0.2, -0.15) is 0 Å². The summed E-state index contributed by atoms with van der Waals surface area (Å²) in [4.78, 5) is 7.75. The molecule has 0 aliphatic heterocycles. The number of fused-ring (bicyclic) bond motifs is 1. The molecule has 0 bridgehead atoms. The number of aromatic nitrogens is 2. The first-order chi connectivity index (χ1) is 10.1. The average Bonchev–Trinajstić information content (AvgIpc) is 2.46. The molecule has 0 atom stereocenters. The molecule has 0 radical (unpaired) electrons. The Morgan fingerprint density at radius 3 is 2.57 bits per heavy atom. The topological polar surface area (TPSA) is 72.0 Å². The van der Waals surface area contributed by atoms with Crippen molar-refractivity contribution >= 4 is 38.2 Å². The van der Waals surface area contributed by atoms with Crippen molar-refractivity contribution in [1.29, 1.82) is 0 Å². The first-order valence-corrected chi connectivity index (χ1v) is 7.90. The summed E-state index contributed by atoms with van der Waals surface area (Å²) in [7, 11) is -3.76. The van der Waals surface area contributed by atoms with Gasteiger partial charge in [-0.1, -0.05) is 48.0 Å². The number of sulfonamides is 1. The van der Waals surface area contributed by atoms with Crippen LogP contribution in [-0.4, -0.2) is 18.4 Å². The Kier molecular flexibility index (Phi) is 3.48. The van der Waals surface area contributed by atoms with Crippen LogP contribution < -0.4 is 4.72 Å². The fourth-order valence-corrected chi connectivity index (χ4v) is 3.39. The SMILES string of the molecule is O=S(=O)(Nc1cc(Cl)ncn1)c1cccc2ccccc12. The molecule has 0 spiro atoms. The first kappa shape index (κ1) is 13.8. The van der Waals surface area contributed by atoms with Crippen LogP contribution in [0.15, 0.2) is 59.8 Å². The number of benzene rings is 2. The van der Waals surface area contributed by atoms with Gasteiger partial charge in [0.2, 0.25) is 0 Å². The van der Waals surface area contributed by atoms with E-state index < -0.39 is 10.0 Å². The molecule has 1 N–H and O–H groups in total. The normalized spacial score (nSPS) is 11.5. The summed E-state index contributed by atoms with van der Waals surface area (Å²) < 4.78 is 27.4. The van der Waals surface area contributed by atoms with E-state index in [1.165, 1.54) is 12.4 Å². The number of hydrogen-bond acceptors (Lipinski definition) is 4. The number of halogens is 1. The van der Waals surface area contributed by atoms with Crippen molar-refractivity contribution in [3.63, 3.8) is 0 Å². The molecule has 0 aliphatic rings. The first-order valence-electron chi connectivity index (χ1n) is 6.04. The predicted octanol–water partition coefficient (Wildman–Crippen LogP) is 3.08. The molecule has 0 amide bonds. The second-order valence-corrected chi connectivity index (χ2v) is 6.35. The molecule has 5 nitrogen and oxygen atoms in total. The van der Waals surface area contributed by atoms with Crippen molar-refractivity contribution in [1.82, 2.24) is 9.97 Å². The highest BCUT2D eigenvalue weighted by Gasteiger charge is 2.17. The van der Waals surface area contributed by atoms with Crippen LogP contribution in [0, 0.1) is 0 Å². The number of anilines is 1. The monoisotopic (exact) mass is 319 g/mol. The Labute approximate surface area is 126 Å².